The molecule has 158 valence electrons. The summed E-state index contributed by atoms with van der Waals surface area (Å²) in [7, 11) is 0. The molecule has 0 aliphatic carbocycles. The predicted molar refractivity (Wildman–Crippen MR) is 121 cm³/mol. The predicted octanol–water partition coefficient (Wildman–Crippen LogP) is 3.02. The van der Waals surface area contributed by atoms with E-state index in [2.05, 4.69) is 61.8 Å². The summed E-state index contributed by atoms with van der Waals surface area (Å²) in [6.07, 6.45) is 1.89. The van der Waals surface area contributed by atoms with E-state index in [9.17, 15) is 5.26 Å². The number of H-pyrrole nitrogens is 1. The largest absolute Gasteiger partial charge is 0.368 e. The summed E-state index contributed by atoms with van der Waals surface area (Å²) < 4.78 is 1.81. The van der Waals surface area contributed by atoms with Gasteiger partial charge in [0.2, 0.25) is 0 Å². The Morgan fingerprint density at radius 2 is 1.94 bits per heavy atom. The Bertz CT molecular complexity index is 1320. The van der Waals surface area contributed by atoms with Crippen molar-refractivity contribution in [3.8, 4) is 6.07 Å². The van der Waals surface area contributed by atoms with Crippen LogP contribution in [0.25, 0.3) is 16.4 Å². The van der Waals surface area contributed by atoms with E-state index in [0.717, 1.165) is 46.6 Å². The van der Waals surface area contributed by atoms with E-state index in [0.29, 0.717) is 29.3 Å². The zero-order chi connectivity index (χ0) is 21.7. The highest BCUT2D eigenvalue weighted by molar-refractivity contribution is 5.98. The fourth-order valence-corrected chi connectivity index (χ4v) is 4.51. The molecule has 1 aliphatic rings. The Morgan fingerprint density at radius 3 is 2.68 bits per heavy atom. The molecule has 3 aromatic heterocycles. The van der Waals surface area contributed by atoms with E-state index in [1.807, 2.05) is 36.7 Å². The second kappa shape index (κ2) is 7.25. The van der Waals surface area contributed by atoms with Crippen LogP contribution in [-0.4, -0.2) is 50.0 Å². The molecule has 2 atom stereocenters. The van der Waals surface area contributed by atoms with Crippen LogP contribution in [0.2, 0.25) is 0 Å². The van der Waals surface area contributed by atoms with Gasteiger partial charge in [-0.25, -0.2) is 4.52 Å². The zero-order valence-corrected chi connectivity index (χ0v) is 18.1. The topological polar surface area (TPSA) is 110 Å². The number of benzene rings is 1. The standard InChI is InChI=1S/C22H25N9/c1-12-9-30(10-13(2)24-12)17-5-16(8-23)21-18(6-17)27-28-22(21)26-20-7-19-15(4)25-14(3)11-31(19)29-20/h5-7,11-13,24H,9-10H2,1-4H3,(H2,26,27,28,29)/t12-,13-/m0/s1. The number of fused-ring (bicyclic) bond motifs is 2. The normalized spacial score (nSPS) is 19.1. The fourth-order valence-electron chi connectivity index (χ4n) is 4.51. The van der Waals surface area contributed by atoms with Gasteiger partial charge in [-0.3, -0.25) is 10.1 Å². The van der Waals surface area contributed by atoms with Crippen molar-refractivity contribution in [1.29, 1.82) is 5.26 Å². The second-order valence-electron chi connectivity index (χ2n) is 8.43. The van der Waals surface area contributed by atoms with Crippen molar-refractivity contribution in [3.05, 3.63) is 41.3 Å². The van der Waals surface area contributed by atoms with E-state index in [4.69, 9.17) is 0 Å². The molecule has 1 aliphatic heterocycles. The number of aromatic amines is 1. The van der Waals surface area contributed by atoms with Gasteiger partial charge in [-0.1, -0.05) is 0 Å². The number of hydrogen-bond donors (Lipinski definition) is 3. The average Bonchev–Trinajstić information content (AvgIpc) is 3.31. The smallest absolute Gasteiger partial charge is 0.162 e. The lowest BCUT2D eigenvalue weighted by Gasteiger charge is -2.37. The van der Waals surface area contributed by atoms with Gasteiger partial charge in [0.25, 0.3) is 0 Å². The number of hydrogen-bond acceptors (Lipinski definition) is 7. The maximum atomic E-state index is 9.87. The number of anilines is 3. The van der Waals surface area contributed by atoms with E-state index < -0.39 is 0 Å². The van der Waals surface area contributed by atoms with Gasteiger partial charge < -0.3 is 15.5 Å². The third-order valence-corrected chi connectivity index (χ3v) is 5.70. The third kappa shape index (κ3) is 3.45. The van der Waals surface area contributed by atoms with Crippen molar-refractivity contribution in [1.82, 2.24) is 30.1 Å². The first-order valence-corrected chi connectivity index (χ1v) is 10.4. The number of nitrogens with one attached hydrogen (secondary N) is 3. The van der Waals surface area contributed by atoms with Crippen LogP contribution in [0.3, 0.4) is 0 Å². The summed E-state index contributed by atoms with van der Waals surface area (Å²) in [6, 6.07) is 9.09. The summed E-state index contributed by atoms with van der Waals surface area (Å²) in [5.74, 6) is 1.24. The van der Waals surface area contributed by atoms with Crippen LogP contribution in [0.4, 0.5) is 17.3 Å². The molecule has 31 heavy (non-hydrogen) atoms. The highest BCUT2D eigenvalue weighted by atomic mass is 15.3. The van der Waals surface area contributed by atoms with Gasteiger partial charge >= 0.3 is 0 Å². The van der Waals surface area contributed by atoms with Crippen molar-refractivity contribution in [2.75, 3.05) is 23.3 Å². The van der Waals surface area contributed by atoms with Crippen LogP contribution in [0.1, 0.15) is 30.8 Å². The number of piperazine rings is 1. The van der Waals surface area contributed by atoms with Gasteiger partial charge in [0.15, 0.2) is 11.6 Å². The number of rotatable bonds is 3. The van der Waals surface area contributed by atoms with Crippen LogP contribution in [0.15, 0.2) is 24.4 Å². The van der Waals surface area contributed by atoms with E-state index in [-0.39, 0.29) is 0 Å². The van der Waals surface area contributed by atoms with Gasteiger partial charge in [0, 0.05) is 36.9 Å². The molecule has 1 saturated heterocycles. The molecule has 0 amide bonds. The molecule has 9 nitrogen and oxygen atoms in total. The van der Waals surface area contributed by atoms with Crippen molar-refractivity contribution in [3.63, 3.8) is 0 Å². The Morgan fingerprint density at radius 1 is 1.16 bits per heavy atom. The Labute approximate surface area is 180 Å². The Kier molecular flexibility index (Phi) is 4.52. The van der Waals surface area contributed by atoms with Gasteiger partial charge in [0.05, 0.1) is 39.6 Å². The molecule has 4 aromatic rings. The molecule has 0 unspecified atom stereocenters. The molecule has 1 fully saturated rings. The first-order valence-electron chi connectivity index (χ1n) is 10.4. The molecule has 3 N–H and O–H groups in total. The first-order chi connectivity index (χ1) is 14.9. The van der Waals surface area contributed by atoms with Crippen LogP contribution in [-0.2, 0) is 0 Å². The lowest BCUT2D eigenvalue weighted by atomic mass is 10.1. The molecule has 9 heteroatoms. The SMILES string of the molecule is Cc1cn2nc(Nc3n[nH]c4cc(N5C[C@H](C)N[C@@H](C)C5)cc(C#N)c34)cc2c(C)n1. The van der Waals surface area contributed by atoms with Gasteiger partial charge in [0.1, 0.15) is 6.07 Å². The molecular weight excluding hydrogens is 390 g/mol. The van der Waals surface area contributed by atoms with Crippen LogP contribution in [0.5, 0.6) is 0 Å². The molecule has 1 aromatic carbocycles. The van der Waals surface area contributed by atoms with Crippen LogP contribution >= 0.6 is 0 Å². The number of nitrogens with zero attached hydrogens (tertiary/aromatic N) is 6. The summed E-state index contributed by atoms with van der Waals surface area (Å²) in [5.41, 5.74) is 5.19. The maximum Gasteiger partial charge on any atom is 0.162 e. The molecule has 5 rings (SSSR count). The number of aryl methyl sites for hydroxylation is 2. The molecule has 0 spiro atoms. The second-order valence-corrected chi connectivity index (χ2v) is 8.43. The minimum absolute atomic E-state index is 0.389. The van der Waals surface area contributed by atoms with Crippen molar-refractivity contribution in [2.45, 2.75) is 39.8 Å². The zero-order valence-electron chi connectivity index (χ0n) is 18.1. The maximum absolute atomic E-state index is 9.87. The third-order valence-electron chi connectivity index (χ3n) is 5.70. The quantitative estimate of drug-likeness (QED) is 0.472. The monoisotopic (exact) mass is 415 g/mol. The average molecular weight is 416 g/mol. The van der Waals surface area contributed by atoms with Crippen molar-refractivity contribution in [2.24, 2.45) is 0 Å². The van der Waals surface area contributed by atoms with E-state index in [1.165, 1.54) is 0 Å². The Hall–Kier alpha value is -3.64. The summed E-state index contributed by atoms with van der Waals surface area (Å²) in [5, 5.41) is 29.6. The number of nitriles is 1. The lowest BCUT2D eigenvalue weighted by molar-refractivity contribution is 0.407. The summed E-state index contributed by atoms with van der Waals surface area (Å²) in [4.78, 5) is 6.81. The van der Waals surface area contributed by atoms with Crippen molar-refractivity contribution < 1.29 is 0 Å². The summed E-state index contributed by atoms with van der Waals surface area (Å²) >= 11 is 0. The molecule has 0 bridgehead atoms. The summed E-state index contributed by atoms with van der Waals surface area (Å²) in [6.45, 7) is 10.1. The Balaban J connectivity index is 1.52. The number of aromatic nitrogens is 5. The highest BCUT2D eigenvalue weighted by Crippen LogP contribution is 2.32. The van der Waals surface area contributed by atoms with E-state index >= 15 is 0 Å². The molecule has 0 radical (unpaired) electrons. The molecule has 0 saturated carbocycles. The van der Waals surface area contributed by atoms with Gasteiger partial charge in [-0.05, 0) is 39.8 Å². The highest BCUT2D eigenvalue weighted by Gasteiger charge is 2.23. The van der Waals surface area contributed by atoms with Gasteiger partial charge in [-0.2, -0.15) is 10.4 Å². The van der Waals surface area contributed by atoms with Crippen molar-refractivity contribution >= 4 is 33.7 Å². The fraction of sp³-hybridized carbons (Fsp3) is 0.364. The van der Waals surface area contributed by atoms with Crippen LogP contribution in [0, 0.1) is 25.2 Å². The molecule has 4 heterocycles. The van der Waals surface area contributed by atoms with Gasteiger partial charge in [-0.15, -0.1) is 5.10 Å². The molecular formula is C22H25N9. The lowest BCUT2D eigenvalue weighted by Crippen LogP contribution is -2.54. The minimum atomic E-state index is 0.389. The first kappa shape index (κ1) is 19.3. The van der Waals surface area contributed by atoms with Crippen LogP contribution < -0.4 is 15.5 Å². The minimum Gasteiger partial charge on any atom is -0.368 e. The van der Waals surface area contributed by atoms with E-state index in [1.54, 1.807) is 0 Å².